The average molecular weight is 301 g/mol. The van der Waals surface area contributed by atoms with Crippen molar-refractivity contribution >= 4 is 5.91 Å². The normalized spacial score (nSPS) is 17.5. The summed E-state index contributed by atoms with van der Waals surface area (Å²) in [4.78, 5) is 22.2. The molecule has 2 heterocycles. The number of hydrogen-bond donors (Lipinski definition) is 0. The summed E-state index contributed by atoms with van der Waals surface area (Å²) in [5.74, 6) is -0.540. The molecule has 1 aromatic heterocycles. The van der Waals surface area contributed by atoms with Crippen molar-refractivity contribution in [2.24, 2.45) is 0 Å². The maximum absolute atomic E-state index is 13.5. The molecule has 3 rings (SSSR count). The lowest BCUT2D eigenvalue weighted by Crippen LogP contribution is -2.34. The highest BCUT2D eigenvalue weighted by molar-refractivity contribution is 5.78. The number of benzene rings is 1. The fourth-order valence-electron chi connectivity index (χ4n) is 2.65. The molecule has 1 unspecified atom stereocenters. The standard InChI is InChI=1S/C16H16FN3O2/c17-12-4-1-2-6-15(12)22-10-16(21)20-9-3-5-14(20)13-7-8-18-11-19-13/h1-2,4,6-8,11,14H,3,5,9-10H2. The van der Waals surface area contributed by atoms with E-state index in [-0.39, 0.29) is 24.3 Å². The Morgan fingerprint density at radius 2 is 2.23 bits per heavy atom. The van der Waals surface area contributed by atoms with Gasteiger partial charge in [-0.15, -0.1) is 0 Å². The number of rotatable bonds is 4. The molecule has 1 aromatic carbocycles. The summed E-state index contributed by atoms with van der Waals surface area (Å²) in [6.07, 6.45) is 4.92. The SMILES string of the molecule is O=C(COc1ccccc1F)N1CCCC1c1ccncn1. The molecule has 0 radical (unpaired) electrons. The van der Waals surface area contributed by atoms with E-state index in [0.717, 1.165) is 18.5 Å². The number of likely N-dealkylation sites (tertiary alicyclic amines) is 1. The van der Waals surface area contributed by atoms with E-state index in [4.69, 9.17) is 4.74 Å². The minimum absolute atomic E-state index is 0.0558. The lowest BCUT2D eigenvalue weighted by molar-refractivity contribution is -0.134. The molecule has 6 heteroatoms. The highest BCUT2D eigenvalue weighted by atomic mass is 19.1. The van der Waals surface area contributed by atoms with Gasteiger partial charge in [-0.05, 0) is 31.0 Å². The molecule has 1 amide bonds. The zero-order valence-electron chi connectivity index (χ0n) is 12.0. The van der Waals surface area contributed by atoms with E-state index in [2.05, 4.69) is 9.97 Å². The molecule has 22 heavy (non-hydrogen) atoms. The lowest BCUT2D eigenvalue weighted by atomic mass is 10.1. The number of ether oxygens (including phenoxy) is 1. The van der Waals surface area contributed by atoms with E-state index in [9.17, 15) is 9.18 Å². The number of para-hydroxylation sites is 1. The van der Waals surface area contributed by atoms with Crippen LogP contribution >= 0.6 is 0 Å². The summed E-state index contributed by atoms with van der Waals surface area (Å²) in [5, 5.41) is 0. The van der Waals surface area contributed by atoms with Crippen molar-refractivity contribution in [3.05, 3.63) is 54.4 Å². The molecule has 0 bridgehead atoms. The third-order valence-corrected chi connectivity index (χ3v) is 3.71. The molecule has 5 nitrogen and oxygen atoms in total. The zero-order chi connectivity index (χ0) is 15.4. The van der Waals surface area contributed by atoms with Crippen molar-refractivity contribution < 1.29 is 13.9 Å². The van der Waals surface area contributed by atoms with Crippen LogP contribution in [0.15, 0.2) is 42.9 Å². The van der Waals surface area contributed by atoms with Gasteiger partial charge in [-0.25, -0.2) is 14.4 Å². The maximum Gasteiger partial charge on any atom is 0.261 e. The van der Waals surface area contributed by atoms with Crippen molar-refractivity contribution in [2.75, 3.05) is 13.2 Å². The molecule has 1 aliphatic rings. The molecule has 2 aromatic rings. The summed E-state index contributed by atoms with van der Waals surface area (Å²) in [6.45, 7) is 0.483. The first-order valence-corrected chi connectivity index (χ1v) is 7.18. The van der Waals surface area contributed by atoms with Gasteiger partial charge in [0.2, 0.25) is 0 Å². The molecule has 1 saturated heterocycles. The number of aromatic nitrogens is 2. The van der Waals surface area contributed by atoms with E-state index in [0.29, 0.717) is 6.54 Å². The van der Waals surface area contributed by atoms with Gasteiger partial charge in [0.05, 0.1) is 11.7 Å². The van der Waals surface area contributed by atoms with E-state index in [1.54, 1.807) is 23.2 Å². The van der Waals surface area contributed by atoms with Crippen molar-refractivity contribution in [1.29, 1.82) is 0 Å². The predicted molar refractivity (Wildman–Crippen MR) is 77.6 cm³/mol. The van der Waals surface area contributed by atoms with Gasteiger partial charge in [0, 0.05) is 12.7 Å². The minimum atomic E-state index is -0.468. The van der Waals surface area contributed by atoms with Gasteiger partial charge in [-0.3, -0.25) is 4.79 Å². The van der Waals surface area contributed by atoms with Gasteiger partial charge in [0.1, 0.15) is 6.33 Å². The van der Waals surface area contributed by atoms with E-state index >= 15 is 0 Å². The van der Waals surface area contributed by atoms with Gasteiger partial charge in [-0.1, -0.05) is 12.1 Å². The Morgan fingerprint density at radius 3 is 3.00 bits per heavy atom. The highest BCUT2D eigenvalue weighted by Gasteiger charge is 2.31. The highest BCUT2D eigenvalue weighted by Crippen LogP contribution is 2.30. The monoisotopic (exact) mass is 301 g/mol. The molecule has 1 aliphatic heterocycles. The number of hydrogen-bond acceptors (Lipinski definition) is 4. The smallest absolute Gasteiger partial charge is 0.261 e. The van der Waals surface area contributed by atoms with Crippen LogP contribution in [0.2, 0.25) is 0 Å². The van der Waals surface area contributed by atoms with Crippen LogP contribution in [0.3, 0.4) is 0 Å². The Hall–Kier alpha value is -2.50. The molecule has 0 saturated carbocycles. The number of halogens is 1. The van der Waals surface area contributed by atoms with Crippen LogP contribution in [-0.2, 0) is 4.79 Å². The second-order valence-corrected chi connectivity index (χ2v) is 5.10. The third kappa shape index (κ3) is 3.05. The number of nitrogens with zero attached hydrogens (tertiary/aromatic N) is 3. The van der Waals surface area contributed by atoms with Crippen molar-refractivity contribution in [2.45, 2.75) is 18.9 Å². The Kier molecular flexibility index (Phi) is 4.27. The average Bonchev–Trinajstić information content (AvgIpc) is 3.04. The molecule has 0 N–H and O–H groups in total. The van der Waals surface area contributed by atoms with Gasteiger partial charge in [-0.2, -0.15) is 0 Å². The molecular weight excluding hydrogens is 285 g/mol. The van der Waals surface area contributed by atoms with Crippen LogP contribution < -0.4 is 4.74 Å². The fraction of sp³-hybridized carbons (Fsp3) is 0.312. The molecular formula is C16H16FN3O2. The fourth-order valence-corrected chi connectivity index (χ4v) is 2.65. The molecule has 1 fully saturated rings. The minimum Gasteiger partial charge on any atom is -0.481 e. The first kappa shape index (κ1) is 14.4. The Balaban J connectivity index is 1.65. The van der Waals surface area contributed by atoms with E-state index in [1.807, 2.05) is 6.07 Å². The van der Waals surface area contributed by atoms with Gasteiger partial charge in [0.15, 0.2) is 18.2 Å². The quantitative estimate of drug-likeness (QED) is 0.870. The maximum atomic E-state index is 13.5. The number of amides is 1. The zero-order valence-corrected chi connectivity index (χ0v) is 12.0. The van der Waals surface area contributed by atoms with Crippen molar-refractivity contribution in [3.63, 3.8) is 0 Å². The second-order valence-electron chi connectivity index (χ2n) is 5.10. The van der Waals surface area contributed by atoms with Crippen LogP contribution in [0.1, 0.15) is 24.6 Å². The van der Waals surface area contributed by atoms with E-state index in [1.165, 1.54) is 18.5 Å². The lowest BCUT2D eigenvalue weighted by Gasteiger charge is -2.24. The summed E-state index contributed by atoms with van der Waals surface area (Å²) in [7, 11) is 0. The van der Waals surface area contributed by atoms with Gasteiger partial charge in [0.25, 0.3) is 5.91 Å². The van der Waals surface area contributed by atoms with Crippen LogP contribution in [0.5, 0.6) is 5.75 Å². The molecule has 0 spiro atoms. The molecule has 114 valence electrons. The van der Waals surface area contributed by atoms with Gasteiger partial charge >= 0.3 is 0 Å². The van der Waals surface area contributed by atoms with Crippen molar-refractivity contribution in [3.8, 4) is 5.75 Å². The van der Waals surface area contributed by atoms with Crippen LogP contribution in [0.4, 0.5) is 4.39 Å². The number of carbonyl (C=O) groups is 1. The van der Waals surface area contributed by atoms with Crippen LogP contribution in [0, 0.1) is 5.82 Å². The largest absolute Gasteiger partial charge is 0.481 e. The topological polar surface area (TPSA) is 55.3 Å². The van der Waals surface area contributed by atoms with Crippen molar-refractivity contribution in [1.82, 2.24) is 14.9 Å². The predicted octanol–water partition coefficient (Wildman–Crippen LogP) is 2.36. The van der Waals surface area contributed by atoms with Gasteiger partial charge < -0.3 is 9.64 Å². The number of carbonyl (C=O) groups excluding carboxylic acids is 1. The van der Waals surface area contributed by atoms with E-state index < -0.39 is 5.82 Å². The first-order chi connectivity index (χ1) is 10.8. The Labute approximate surface area is 127 Å². The van der Waals surface area contributed by atoms with Crippen LogP contribution in [0.25, 0.3) is 0 Å². The third-order valence-electron chi connectivity index (χ3n) is 3.71. The summed E-state index contributed by atoms with van der Waals surface area (Å²) < 4.78 is 18.8. The summed E-state index contributed by atoms with van der Waals surface area (Å²) in [5.41, 5.74) is 0.826. The summed E-state index contributed by atoms with van der Waals surface area (Å²) >= 11 is 0. The molecule has 0 aliphatic carbocycles. The molecule has 1 atom stereocenters. The first-order valence-electron chi connectivity index (χ1n) is 7.18. The second kappa shape index (κ2) is 6.51. The summed E-state index contributed by atoms with van der Waals surface area (Å²) in [6, 6.07) is 7.82. The Morgan fingerprint density at radius 1 is 1.36 bits per heavy atom. The Bertz CT molecular complexity index is 651. The van der Waals surface area contributed by atoms with Crippen LogP contribution in [-0.4, -0.2) is 33.9 Å².